The molecule has 1 aliphatic heterocycles. The van der Waals surface area contributed by atoms with Gasteiger partial charge in [-0.1, -0.05) is 0 Å². The molecule has 20 heavy (non-hydrogen) atoms. The van der Waals surface area contributed by atoms with Crippen LogP contribution in [0.2, 0.25) is 0 Å². The van der Waals surface area contributed by atoms with Gasteiger partial charge in [-0.3, -0.25) is 9.48 Å². The maximum absolute atomic E-state index is 12.6. The quantitative estimate of drug-likeness (QED) is 0.862. The Labute approximate surface area is 118 Å². The number of carbonyl (C=O) groups excluding carboxylic acids is 1. The van der Waals surface area contributed by atoms with Crippen molar-refractivity contribution in [1.29, 1.82) is 0 Å². The van der Waals surface area contributed by atoms with Crippen molar-refractivity contribution in [2.75, 3.05) is 20.3 Å². The molecule has 0 spiro atoms. The van der Waals surface area contributed by atoms with Gasteiger partial charge < -0.3 is 14.7 Å². The molecule has 1 saturated carbocycles. The summed E-state index contributed by atoms with van der Waals surface area (Å²) in [5.41, 5.74) is 2.28. The number of aryl methyl sites for hydroxylation is 1. The van der Waals surface area contributed by atoms with E-state index in [0.29, 0.717) is 26.0 Å². The summed E-state index contributed by atoms with van der Waals surface area (Å²) in [7, 11) is 3.56. The number of hydrogen-bond acceptors (Lipinski definition) is 4. The number of rotatable bonds is 3. The van der Waals surface area contributed by atoms with Gasteiger partial charge in [-0.2, -0.15) is 5.10 Å². The third kappa shape index (κ3) is 2.13. The summed E-state index contributed by atoms with van der Waals surface area (Å²) < 4.78 is 7.15. The highest BCUT2D eigenvalue weighted by Gasteiger charge is 2.40. The van der Waals surface area contributed by atoms with Crippen LogP contribution >= 0.6 is 0 Å². The van der Waals surface area contributed by atoms with Crippen LogP contribution in [0.4, 0.5) is 0 Å². The van der Waals surface area contributed by atoms with E-state index in [1.165, 1.54) is 5.56 Å². The fourth-order valence-electron chi connectivity index (χ4n) is 3.27. The summed E-state index contributed by atoms with van der Waals surface area (Å²) in [6.07, 6.45) is 3.60. The normalized spacial score (nSPS) is 28.9. The average molecular weight is 279 g/mol. The molecule has 6 heteroatoms. The molecule has 0 bridgehead atoms. The summed E-state index contributed by atoms with van der Waals surface area (Å²) in [4.78, 5) is 14.5. The van der Waals surface area contributed by atoms with Crippen molar-refractivity contribution in [1.82, 2.24) is 14.7 Å². The van der Waals surface area contributed by atoms with Gasteiger partial charge in [0.15, 0.2) is 0 Å². The lowest BCUT2D eigenvalue weighted by Crippen LogP contribution is -2.49. The number of ether oxygens (including phenoxy) is 1. The lowest BCUT2D eigenvalue weighted by molar-refractivity contribution is -0.146. The molecule has 1 aliphatic carbocycles. The van der Waals surface area contributed by atoms with Crippen molar-refractivity contribution in [3.8, 4) is 0 Å². The van der Waals surface area contributed by atoms with Crippen molar-refractivity contribution in [3.05, 3.63) is 17.5 Å². The van der Waals surface area contributed by atoms with Gasteiger partial charge >= 0.3 is 0 Å². The second-order valence-corrected chi connectivity index (χ2v) is 5.75. The average Bonchev–Trinajstić information content (AvgIpc) is 2.77. The Morgan fingerprint density at radius 2 is 2.30 bits per heavy atom. The Bertz CT molecular complexity index is 508. The van der Waals surface area contributed by atoms with Crippen LogP contribution < -0.4 is 0 Å². The van der Waals surface area contributed by atoms with Gasteiger partial charge in [0.05, 0.1) is 30.6 Å². The highest BCUT2D eigenvalue weighted by molar-refractivity contribution is 5.80. The van der Waals surface area contributed by atoms with E-state index in [4.69, 9.17) is 4.74 Å². The smallest absolute Gasteiger partial charge is 0.226 e. The van der Waals surface area contributed by atoms with Crippen molar-refractivity contribution in [2.24, 2.45) is 13.0 Å². The van der Waals surface area contributed by atoms with Crippen LogP contribution in [0.25, 0.3) is 0 Å². The monoisotopic (exact) mass is 279 g/mol. The summed E-state index contributed by atoms with van der Waals surface area (Å²) in [5.74, 6) is 0.114. The summed E-state index contributed by atoms with van der Waals surface area (Å²) in [5, 5.41) is 13.7. The topological polar surface area (TPSA) is 67.6 Å². The molecule has 0 radical (unpaired) electrons. The van der Waals surface area contributed by atoms with Crippen LogP contribution in [-0.4, -0.2) is 52.1 Å². The van der Waals surface area contributed by atoms with Crippen LogP contribution in [0.5, 0.6) is 0 Å². The number of aromatic nitrogens is 2. The molecule has 0 saturated heterocycles. The molecule has 1 fully saturated rings. The predicted molar refractivity (Wildman–Crippen MR) is 72.0 cm³/mol. The second kappa shape index (κ2) is 5.18. The number of nitrogens with zero attached hydrogens (tertiary/aromatic N) is 3. The molecule has 0 aromatic carbocycles. The van der Waals surface area contributed by atoms with Gasteiger partial charge in [0, 0.05) is 26.6 Å². The van der Waals surface area contributed by atoms with E-state index in [0.717, 1.165) is 12.1 Å². The molecule has 1 unspecified atom stereocenters. The fraction of sp³-hybridized carbons (Fsp3) is 0.714. The molecule has 2 aliphatic rings. The Balaban J connectivity index is 1.84. The maximum atomic E-state index is 12.6. The minimum atomic E-state index is -0.304. The molecule has 1 aromatic rings. The molecular weight excluding hydrogens is 258 g/mol. The van der Waals surface area contributed by atoms with E-state index >= 15 is 0 Å². The highest BCUT2D eigenvalue weighted by Crippen LogP contribution is 2.35. The van der Waals surface area contributed by atoms with Gasteiger partial charge in [0.1, 0.15) is 0 Å². The molecule has 3 rings (SSSR count). The van der Waals surface area contributed by atoms with Crippen LogP contribution in [0, 0.1) is 5.92 Å². The van der Waals surface area contributed by atoms with Gasteiger partial charge in [-0.15, -0.1) is 0 Å². The third-order valence-corrected chi connectivity index (χ3v) is 4.45. The number of amides is 1. The molecule has 1 amide bonds. The summed E-state index contributed by atoms with van der Waals surface area (Å²) in [6.45, 7) is 1.19. The number of carbonyl (C=O) groups is 1. The van der Waals surface area contributed by atoms with Gasteiger partial charge in [0.2, 0.25) is 5.91 Å². The van der Waals surface area contributed by atoms with Crippen molar-refractivity contribution >= 4 is 5.91 Å². The molecule has 110 valence electrons. The second-order valence-electron chi connectivity index (χ2n) is 5.75. The van der Waals surface area contributed by atoms with E-state index in [9.17, 15) is 9.90 Å². The van der Waals surface area contributed by atoms with Crippen LogP contribution in [0.3, 0.4) is 0 Å². The zero-order chi connectivity index (χ0) is 14.3. The summed E-state index contributed by atoms with van der Waals surface area (Å²) >= 11 is 0. The molecular formula is C14H21N3O3. The zero-order valence-corrected chi connectivity index (χ0v) is 12.0. The Kier molecular flexibility index (Phi) is 3.52. The van der Waals surface area contributed by atoms with Crippen LogP contribution in [0.1, 0.15) is 30.1 Å². The van der Waals surface area contributed by atoms with Crippen LogP contribution in [0.15, 0.2) is 6.20 Å². The van der Waals surface area contributed by atoms with E-state index in [1.54, 1.807) is 7.11 Å². The minimum absolute atomic E-state index is 0.0286. The molecule has 1 aromatic heterocycles. The van der Waals surface area contributed by atoms with E-state index in [2.05, 4.69) is 5.10 Å². The first kappa shape index (κ1) is 13.6. The van der Waals surface area contributed by atoms with Crippen molar-refractivity contribution < 1.29 is 14.6 Å². The van der Waals surface area contributed by atoms with Crippen LogP contribution in [-0.2, 0) is 23.0 Å². The Morgan fingerprint density at radius 3 is 2.95 bits per heavy atom. The number of methoxy groups -OCH3 is 1. The van der Waals surface area contributed by atoms with Gasteiger partial charge in [-0.25, -0.2) is 0 Å². The first-order chi connectivity index (χ1) is 9.61. The molecule has 1 atom stereocenters. The SMILES string of the molecule is COCC1c2c(cnn2C)CCN1C(=O)C1CC(O)C1. The van der Waals surface area contributed by atoms with Gasteiger partial charge in [0.25, 0.3) is 0 Å². The first-order valence-electron chi connectivity index (χ1n) is 7.10. The largest absolute Gasteiger partial charge is 0.393 e. The molecule has 6 nitrogen and oxygen atoms in total. The highest BCUT2D eigenvalue weighted by atomic mass is 16.5. The van der Waals surface area contributed by atoms with E-state index < -0.39 is 0 Å². The Hall–Kier alpha value is -1.40. The summed E-state index contributed by atoms with van der Waals surface area (Å²) in [6, 6.07) is -0.0681. The zero-order valence-electron chi connectivity index (χ0n) is 12.0. The standard InChI is InChI=1S/C14H21N3O3/c1-16-13-9(7-15-16)3-4-17(12(13)8-20-2)14(19)10-5-11(18)6-10/h7,10-12,18H,3-6,8H2,1-2H3. The number of aliphatic hydroxyl groups excluding tert-OH is 1. The molecule has 2 heterocycles. The first-order valence-corrected chi connectivity index (χ1v) is 7.10. The number of fused-ring (bicyclic) bond motifs is 1. The number of aliphatic hydroxyl groups is 1. The van der Waals surface area contributed by atoms with Gasteiger partial charge in [-0.05, 0) is 24.8 Å². The van der Waals surface area contributed by atoms with Crippen molar-refractivity contribution in [2.45, 2.75) is 31.4 Å². The fourth-order valence-corrected chi connectivity index (χ4v) is 3.27. The number of hydrogen-bond donors (Lipinski definition) is 1. The van der Waals surface area contributed by atoms with E-state index in [1.807, 2.05) is 22.8 Å². The lowest BCUT2D eigenvalue weighted by atomic mass is 9.80. The predicted octanol–water partition coefficient (Wildman–Crippen LogP) is 0.263. The Morgan fingerprint density at radius 1 is 1.55 bits per heavy atom. The minimum Gasteiger partial charge on any atom is -0.393 e. The van der Waals surface area contributed by atoms with Crippen molar-refractivity contribution in [3.63, 3.8) is 0 Å². The third-order valence-electron chi connectivity index (χ3n) is 4.45. The lowest BCUT2D eigenvalue weighted by Gasteiger charge is -2.41. The van der Waals surface area contributed by atoms with E-state index in [-0.39, 0.29) is 24.0 Å². The maximum Gasteiger partial charge on any atom is 0.226 e. The molecule has 1 N–H and O–H groups in total.